The third-order valence-corrected chi connectivity index (χ3v) is 4.92. The summed E-state index contributed by atoms with van der Waals surface area (Å²) in [4.78, 5) is 12.6. The molecule has 1 fully saturated rings. The minimum Gasteiger partial charge on any atom is -0.488 e. The minimum absolute atomic E-state index is 0.0943. The van der Waals surface area contributed by atoms with Crippen molar-refractivity contribution in [2.24, 2.45) is 5.92 Å². The van der Waals surface area contributed by atoms with Crippen molar-refractivity contribution in [2.45, 2.75) is 39.7 Å². The summed E-state index contributed by atoms with van der Waals surface area (Å²) in [6.45, 7) is 6.92. The van der Waals surface area contributed by atoms with E-state index in [1.165, 1.54) is 12.8 Å². The van der Waals surface area contributed by atoms with Gasteiger partial charge >= 0.3 is 0 Å². The third-order valence-electron chi connectivity index (χ3n) is 4.92. The summed E-state index contributed by atoms with van der Waals surface area (Å²) < 4.78 is 11.0. The molecule has 6 heteroatoms. The van der Waals surface area contributed by atoms with Gasteiger partial charge in [-0.05, 0) is 64.3 Å². The van der Waals surface area contributed by atoms with Gasteiger partial charge in [-0.1, -0.05) is 17.3 Å². The van der Waals surface area contributed by atoms with Gasteiger partial charge in [-0.15, -0.1) is 0 Å². The Labute approximate surface area is 154 Å². The van der Waals surface area contributed by atoms with Crippen LogP contribution in [0.4, 0.5) is 0 Å². The summed E-state index contributed by atoms with van der Waals surface area (Å²) in [5, 5.41) is 10.4. The average molecular weight is 357 g/mol. The molecule has 3 rings (SSSR count). The van der Waals surface area contributed by atoms with E-state index in [1.54, 1.807) is 6.07 Å². The van der Waals surface area contributed by atoms with E-state index in [2.05, 4.69) is 15.8 Å². The topological polar surface area (TPSA) is 76.4 Å². The molecule has 2 aromatic rings. The van der Waals surface area contributed by atoms with Crippen LogP contribution >= 0.6 is 0 Å². The number of hydrogen-bond acceptors (Lipinski definition) is 5. The lowest BCUT2D eigenvalue weighted by atomic mass is 9.96. The first-order valence-corrected chi connectivity index (χ1v) is 9.27. The lowest BCUT2D eigenvalue weighted by molar-refractivity contribution is 0.0946. The van der Waals surface area contributed by atoms with Gasteiger partial charge in [0.15, 0.2) is 0 Å². The molecular weight excluding hydrogens is 330 g/mol. The highest BCUT2D eigenvalue weighted by Crippen LogP contribution is 2.21. The zero-order chi connectivity index (χ0) is 18.4. The molecule has 1 atom stereocenters. The highest BCUT2D eigenvalue weighted by Gasteiger charge is 2.16. The van der Waals surface area contributed by atoms with Crippen LogP contribution in [-0.4, -0.2) is 30.7 Å². The summed E-state index contributed by atoms with van der Waals surface area (Å²) >= 11 is 0. The maximum atomic E-state index is 12.6. The van der Waals surface area contributed by atoms with E-state index in [0.717, 1.165) is 36.5 Å². The van der Waals surface area contributed by atoms with E-state index in [1.807, 2.05) is 32.0 Å². The molecule has 140 valence electrons. The van der Waals surface area contributed by atoms with Crippen LogP contribution in [0.1, 0.15) is 46.6 Å². The van der Waals surface area contributed by atoms with Crippen LogP contribution in [-0.2, 0) is 6.61 Å². The van der Waals surface area contributed by atoms with E-state index in [9.17, 15) is 4.79 Å². The smallest absolute Gasteiger partial charge is 0.255 e. The summed E-state index contributed by atoms with van der Waals surface area (Å²) in [5.74, 6) is 1.87. The maximum Gasteiger partial charge on any atom is 0.255 e. The molecule has 2 heterocycles. The molecule has 1 aliphatic heterocycles. The van der Waals surface area contributed by atoms with Crippen molar-refractivity contribution in [3.63, 3.8) is 0 Å². The first kappa shape index (κ1) is 18.5. The number of amides is 1. The number of nitrogens with zero attached hydrogens (tertiary/aromatic N) is 1. The van der Waals surface area contributed by atoms with E-state index in [0.29, 0.717) is 30.4 Å². The number of aryl methyl sites for hydroxylation is 2. The molecule has 6 nitrogen and oxygen atoms in total. The van der Waals surface area contributed by atoms with Gasteiger partial charge in [-0.3, -0.25) is 4.79 Å². The Morgan fingerprint density at radius 3 is 2.96 bits per heavy atom. The van der Waals surface area contributed by atoms with Crippen molar-refractivity contribution in [1.82, 2.24) is 15.8 Å². The number of piperidine rings is 1. The molecule has 1 aliphatic rings. The average Bonchev–Trinajstić information content (AvgIpc) is 2.99. The van der Waals surface area contributed by atoms with Crippen LogP contribution in [0.5, 0.6) is 5.75 Å². The molecule has 2 N–H and O–H groups in total. The lowest BCUT2D eigenvalue weighted by Gasteiger charge is -2.22. The predicted octanol–water partition coefficient (Wildman–Crippen LogP) is 2.99. The van der Waals surface area contributed by atoms with Crippen molar-refractivity contribution < 1.29 is 14.1 Å². The van der Waals surface area contributed by atoms with Gasteiger partial charge in [-0.25, -0.2) is 0 Å². The maximum absolute atomic E-state index is 12.6. The van der Waals surface area contributed by atoms with Crippen LogP contribution in [0.25, 0.3) is 0 Å². The molecule has 0 spiro atoms. The fraction of sp³-hybridized carbons (Fsp3) is 0.500. The number of para-hydroxylation sites is 1. The van der Waals surface area contributed by atoms with Gasteiger partial charge in [0.25, 0.3) is 5.91 Å². The van der Waals surface area contributed by atoms with Crippen molar-refractivity contribution in [1.29, 1.82) is 0 Å². The Morgan fingerprint density at radius 2 is 2.23 bits per heavy atom. The Kier molecular flexibility index (Phi) is 6.28. The SMILES string of the molecule is Cc1noc(C)c1COc1ccccc1C(=O)NCCC1CCCNC1. The lowest BCUT2D eigenvalue weighted by Crippen LogP contribution is -2.33. The molecule has 1 amide bonds. The predicted molar refractivity (Wildman–Crippen MR) is 99.3 cm³/mol. The second kappa shape index (κ2) is 8.85. The molecule has 0 saturated carbocycles. The van der Waals surface area contributed by atoms with Gasteiger partial charge in [0.2, 0.25) is 0 Å². The first-order valence-electron chi connectivity index (χ1n) is 9.27. The standard InChI is InChI=1S/C20H27N3O3/c1-14-18(15(2)26-23-14)13-25-19-8-4-3-7-17(19)20(24)22-11-9-16-6-5-10-21-12-16/h3-4,7-8,16,21H,5-6,9-13H2,1-2H3,(H,22,24). The van der Waals surface area contributed by atoms with E-state index < -0.39 is 0 Å². The zero-order valence-corrected chi connectivity index (χ0v) is 15.5. The Bertz CT molecular complexity index is 716. The summed E-state index contributed by atoms with van der Waals surface area (Å²) in [6.07, 6.45) is 3.46. The first-order chi connectivity index (χ1) is 12.6. The molecule has 1 saturated heterocycles. The van der Waals surface area contributed by atoms with Gasteiger partial charge in [0.1, 0.15) is 18.1 Å². The molecule has 26 heavy (non-hydrogen) atoms. The number of rotatable bonds is 7. The number of nitrogens with one attached hydrogen (secondary N) is 2. The van der Waals surface area contributed by atoms with E-state index in [-0.39, 0.29) is 5.91 Å². The monoisotopic (exact) mass is 357 g/mol. The summed E-state index contributed by atoms with van der Waals surface area (Å²) in [5.41, 5.74) is 2.29. The number of benzene rings is 1. The Morgan fingerprint density at radius 1 is 1.38 bits per heavy atom. The second-order valence-electron chi connectivity index (χ2n) is 6.84. The van der Waals surface area contributed by atoms with Crippen molar-refractivity contribution in [3.05, 3.63) is 46.8 Å². The molecule has 0 bridgehead atoms. The van der Waals surface area contributed by atoms with Crippen LogP contribution in [0.3, 0.4) is 0 Å². The van der Waals surface area contributed by atoms with Gasteiger partial charge in [0, 0.05) is 6.54 Å². The molecule has 1 unspecified atom stereocenters. The molecule has 1 aromatic heterocycles. The zero-order valence-electron chi connectivity index (χ0n) is 15.5. The van der Waals surface area contributed by atoms with Crippen molar-refractivity contribution >= 4 is 5.91 Å². The summed E-state index contributed by atoms with van der Waals surface area (Å²) in [6, 6.07) is 7.33. The van der Waals surface area contributed by atoms with E-state index in [4.69, 9.17) is 9.26 Å². The normalized spacial score (nSPS) is 17.1. The number of hydrogen-bond donors (Lipinski definition) is 2. The van der Waals surface area contributed by atoms with Crippen LogP contribution in [0, 0.1) is 19.8 Å². The van der Waals surface area contributed by atoms with Gasteiger partial charge in [0.05, 0.1) is 16.8 Å². The van der Waals surface area contributed by atoms with Gasteiger partial charge < -0.3 is 19.9 Å². The second-order valence-corrected chi connectivity index (χ2v) is 6.84. The number of ether oxygens (including phenoxy) is 1. The highest BCUT2D eigenvalue weighted by molar-refractivity contribution is 5.96. The van der Waals surface area contributed by atoms with Crippen LogP contribution in [0.2, 0.25) is 0 Å². The summed E-state index contributed by atoms with van der Waals surface area (Å²) in [7, 11) is 0. The highest BCUT2D eigenvalue weighted by atomic mass is 16.5. The molecule has 1 aromatic carbocycles. The number of carbonyl (C=O) groups excluding carboxylic acids is 1. The Hall–Kier alpha value is -2.34. The minimum atomic E-state index is -0.0943. The molecule has 0 aliphatic carbocycles. The molecular formula is C20H27N3O3. The van der Waals surface area contributed by atoms with Gasteiger partial charge in [-0.2, -0.15) is 0 Å². The fourth-order valence-electron chi connectivity index (χ4n) is 3.29. The van der Waals surface area contributed by atoms with Crippen LogP contribution < -0.4 is 15.4 Å². The van der Waals surface area contributed by atoms with Crippen molar-refractivity contribution in [2.75, 3.05) is 19.6 Å². The number of aromatic nitrogens is 1. The van der Waals surface area contributed by atoms with E-state index >= 15 is 0 Å². The van der Waals surface area contributed by atoms with Crippen molar-refractivity contribution in [3.8, 4) is 5.75 Å². The Balaban J connectivity index is 1.56. The third kappa shape index (κ3) is 4.64. The largest absolute Gasteiger partial charge is 0.488 e. The quantitative estimate of drug-likeness (QED) is 0.797. The fourth-order valence-corrected chi connectivity index (χ4v) is 3.29. The van der Waals surface area contributed by atoms with Crippen LogP contribution in [0.15, 0.2) is 28.8 Å². The number of carbonyl (C=O) groups is 1. The molecule has 0 radical (unpaired) electrons.